The van der Waals surface area contributed by atoms with Crippen LogP contribution in [-0.2, 0) is 19.5 Å². The average Bonchev–Trinajstić information content (AvgIpc) is 3.94. The highest BCUT2D eigenvalue weighted by Crippen LogP contribution is 2.54. The Bertz CT molecular complexity index is 3280. The van der Waals surface area contributed by atoms with Gasteiger partial charge in [-0.3, -0.25) is 19.8 Å². The van der Waals surface area contributed by atoms with Gasteiger partial charge in [0.1, 0.15) is 41.3 Å². The average molecular weight is 1110 g/mol. The molecule has 416 valence electrons. The largest absolute Gasteiger partial charge is 0.573 e. The van der Waals surface area contributed by atoms with Crippen LogP contribution in [0.25, 0.3) is 11.0 Å². The summed E-state index contributed by atoms with van der Waals surface area (Å²) in [6, 6.07) is 12.7. The number of morpholine rings is 1. The number of benzene rings is 3. The summed E-state index contributed by atoms with van der Waals surface area (Å²) < 4.78 is 131. The standard InChI is InChI=1S/C53H57F5N8O11S/c1-50(68)9-11-52(55,12-10-50)45-29-75-43-22-32(21-39(66(69)70)46(43)60-45)78(71,72)62-48(67)34-7-6-30(20-38(34)65-37-8-18-73-28-44(37)76-49-40(65)23-35-36(54)26-59-47(35)61-49)63-15-13-51(14-16-63)24-31(25-51)64-17-19-74-27-41(64)33-4-2-3-5-42(33)77-53(56,57)58/h2-7,20-23,26,31,37,41,44-45,60,68H,8-19,24-25,27-29H2,1H3,(H,59,61)(H,62,67)/t37-,41-,44-,45-,50?,52?/m0/s1. The number of aliphatic hydroxyl groups is 1. The number of halogens is 5. The SMILES string of the molecule is CC1(O)CCC(F)([C@@H]2COc3cc(S(=O)(=O)NC(=O)c4ccc(N5CCC6(CC5)CC(N5CCOC[C@H]5c5ccccc5OC(F)(F)F)C6)cc4N4c5cc6c(F)c[nH]c6nc5O[C@H]5COCC[C@@H]54)cc([N+](=O)[O-])c3N2)CC1. The minimum absolute atomic E-state index is 0.0351. The zero-order chi connectivity index (χ0) is 54.5. The molecule has 3 aromatic carbocycles. The van der Waals surface area contributed by atoms with E-state index in [4.69, 9.17) is 18.9 Å². The maximum atomic E-state index is 16.3. The quantitative estimate of drug-likeness (QED) is 0.0586. The van der Waals surface area contributed by atoms with E-state index in [-0.39, 0.29) is 102 Å². The van der Waals surface area contributed by atoms with Crippen LogP contribution in [0.4, 0.5) is 50.4 Å². The van der Waals surface area contributed by atoms with Crippen LogP contribution in [0.2, 0.25) is 0 Å². The number of carbonyl (C=O) groups is 1. The van der Waals surface area contributed by atoms with Crippen LogP contribution in [0.5, 0.6) is 17.4 Å². The van der Waals surface area contributed by atoms with E-state index in [1.54, 1.807) is 37.3 Å². The summed E-state index contributed by atoms with van der Waals surface area (Å²) in [4.78, 5) is 39.5. The number of amides is 1. The number of alkyl halides is 4. The smallest absolute Gasteiger partial charge is 0.489 e. The van der Waals surface area contributed by atoms with E-state index < -0.39 is 79.1 Å². The fourth-order valence-corrected chi connectivity index (χ4v) is 13.8. The summed E-state index contributed by atoms with van der Waals surface area (Å²) in [6.45, 7) is 4.18. The second-order valence-corrected chi connectivity index (χ2v) is 23.7. The second-order valence-electron chi connectivity index (χ2n) is 22.0. The van der Waals surface area contributed by atoms with Crippen LogP contribution in [0.15, 0.2) is 71.8 Å². The van der Waals surface area contributed by atoms with Gasteiger partial charge in [0.05, 0.1) is 70.0 Å². The molecule has 1 spiro atoms. The van der Waals surface area contributed by atoms with E-state index in [1.807, 2.05) is 4.90 Å². The first-order chi connectivity index (χ1) is 37.2. The highest BCUT2D eigenvalue weighted by molar-refractivity contribution is 7.90. The molecule has 5 fully saturated rings. The maximum absolute atomic E-state index is 16.3. The van der Waals surface area contributed by atoms with Crippen molar-refractivity contribution in [3.05, 3.63) is 93.9 Å². The van der Waals surface area contributed by atoms with Crippen molar-refractivity contribution >= 4 is 55.4 Å². The number of nitro benzene ring substituents is 1. The van der Waals surface area contributed by atoms with E-state index in [0.717, 1.165) is 37.8 Å². The van der Waals surface area contributed by atoms with Gasteiger partial charge in [-0.25, -0.2) is 21.9 Å². The number of hydrogen-bond acceptors (Lipinski definition) is 16. The number of carbonyl (C=O) groups excluding carboxylic acids is 1. The van der Waals surface area contributed by atoms with Gasteiger partial charge in [-0.1, -0.05) is 18.2 Å². The Morgan fingerprint density at radius 2 is 1.72 bits per heavy atom. The number of nitrogens with zero attached hydrogens (tertiary/aromatic N) is 5. The number of H-pyrrole nitrogens is 1. The van der Waals surface area contributed by atoms with Crippen LogP contribution in [0.3, 0.4) is 0 Å². The summed E-state index contributed by atoms with van der Waals surface area (Å²) in [5.74, 6) is -2.04. The molecule has 0 bridgehead atoms. The second kappa shape index (κ2) is 19.4. The van der Waals surface area contributed by atoms with Gasteiger partial charge in [-0.2, -0.15) is 4.98 Å². The van der Waals surface area contributed by atoms with Gasteiger partial charge in [0.25, 0.3) is 21.6 Å². The van der Waals surface area contributed by atoms with Gasteiger partial charge >= 0.3 is 6.36 Å². The van der Waals surface area contributed by atoms with Gasteiger partial charge in [0.15, 0.2) is 11.4 Å². The van der Waals surface area contributed by atoms with Crippen molar-refractivity contribution in [1.82, 2.24) is 19.6 Å². The van der Waals surface area contributed by atoms with Crippen LogP contribution in [-0.4, -0.2) is 134 Å². The molecule has 1 amide bonds. The Kier molecular flexibility index (Phi) is 13.0. The number of rotatable bonds is 10. The molecule has 12 rings (SSSR count). The van der Waals surface area contributed by atoms with Crippen molar-refractivity contribution < 1.29 is 68.9 Å². The number of aromatic amines is 1. The summed E-state index contributed by atoms with van der Waals surface area (Å²) in [7, 11) is -4.91. The summed E-state index contributed by atoms with van der Waals surface area (Å²) in [5, 5.41) is 26.1. The monoisotopic (exact) mass is 1110 g/mol. The molecule has 25 heteroatoms. The van der Waals surface area contributed by atoms with Crippen molar-refractivity contribution in [1.29, 1.82) is 0 Å². The van der Waals surface area contributed by atoms with Crippen molar-refractivity contribution in [2.75, 3.05) is 67.8 Å². The highest BCUT2D eigenvalue weighted by Gasteiger charge is 2.51. The van der Waals surface area contributed by atoms with Crippen LogP contribution < -0.4 is 34.0 Å². The summed E-state index contributed by atoms with van der Waals surface area (Å²) in [6.07, 6.45) is -0.466. The molecule has 78 heavy (non-hydrogen) atoms. The van der Waals surface area contributed by atoms with E-state index in [1.165, 1.54) is 24.4 Å². The number of aromatic nitrogens is 2. The van der Waals surface area contributed by atoms with Crippen molar-refractivity contribution in [2.45, 2.75) is 118 Å². The Morgan fingerprint density at radius 3 is 2.47 bits per heavy atom. The van der Waals surface area contributed by atoms with E-state index in [0.29, 0.717) is 56.2 Å². The van der Waals surface area contributed by atoms with Gasteiger partial charge in [0.2, 0.25) is 5.88 Å². The first-order valence-electron chi connectivity index (χ1n) is 26.1. The number of pyridine rings is 1. The minimum Gasteiger partial charge on any atom is -0.489 e. The fraction of sp³-hybridized carbons (Fsp3) is 0.509. The normalized spacial score (nSPS) is 27.3. The molecule has 5 aliphatic heterocycles. The summed E-state index contributed by atoms with van der Waals surface area (Å²) >= 11 is 0. The number of nitrogens with one attached hydrogen (secondary N) is 3. The molecule has 4 atom stereocenters. The third-order valence-corrected chi connectivity index (χ3v) is 18.4. The number of anilines is 4. The van der Waals surface area contributed by atoms with Crippen molar-refractivity contribution in [3.63, 3.8) is 0 Å². The number of hydrogen-bond donors (Lipinski definition) is 4. The van der Waals surface area contributed by atoms with Crippen LogP contribution in [0.1, 0.15) is 86.7 Å². The predicted octanol–water partition coefficient (Wildman–Crippen LogP) is 8.34. The van der Waals surface area contributed by atoms with E-state index in [9.17, 15) is 41.6 Å². The molecular weight excluding hydrogens is 1050 g/mol. The van der Waals surface area contributed by atoms with Gasteiger partial charge in [-0.05, 0) is 100 Å². The lowest BCUT2D eigenvalue weighted by molar-refractivity contribution is -0.384. The molecule has 2 saturated carbocycles. The molecule has 19 nitrogen and oxygen atoms in total. The zero-order valence-corrected chi connectivity index (χ0v) is 43.1. The number of nitro groups is 1. The lowest BCUT2D eigenvalue weighted by atomic mass is 9.59. The molecule has 7 heterocycles. The Morgan fingerprint density at radius 1 is 0.962 bits per heavy atom. The topological polar surface area (TPSA) is 223 Å². The molecule has 2 aliphatic carbocycles. The number of piperidine rings is 1. The van der Waals surface area contributed by atoms with Gasteiger partial charge in [0, 0.05) is 61.9 Å². The van der Waals surface area contributed by atoms with Crippen LogP contribution in [0, 0.1) is 21.3 Å². The number of para-hydroxylation sites is 1. The molecule has 0 unspecified atom stereocenters. The van der Waals surface area contributed by atoms with Crippen molar-refractivity contribution in [3.8, 4) is 17.4 Å². The lowest BCUT2D eigenvalue weighted by Gasteiger charge is -2.57. The minimum atomic E-state index is -4.91. The molecule has 0 radical (unpaired) electrons. The Labute approximate surface area is 444 Å². The molecule has 7 aliphatic rings. The third kappa shape index (κ3) is 9.67. The van der Waals surface area contributed by atoms with Crippen LogP contribution >= 0.6 is 0 Å². The Balaban J connectivity index is 0.833. The zero-order valence-electron chi connectivity index (χ0n) is 42.3. The number of ether oxygens (including phenoxy) is 5. The summed E-state index contributed by atoms with van der Waals surface area (Å²) in [5.41, 5.74) is -2.15. The molecular formula is C53H57F5N8O11S. The molecule has 5 aromatic rings. The molecule has 3 saturated heterocycles. The lowest BCUT2D eigenvalue weighted by Crippen LogP contribution is -2.58. The number of fused-ring (bicyclic) bond motifs is 4. The van der Waals surface area contributed by atoms with E-state index in [2.05, 4.69) is 34.5 Å². The third-order valence-electron chi connectivity index (χ3n) is 17.1. The highest BCUT2D eigenvalue weighted by atomic mass is 32.2. The fourth-order valence-electron chi connectivity index (χ4n) is 12.8. The molecule has 2 aromatic heterocycles. The van der Waals surface area contributed by atoms with Crippen molar-refractivity contribution in [2.24, 2.45) is 5.41 Å². The predicted molar refractivity (Wildman–Crippen MR) is 272 cm³/mol. The molecule has 4 N–H and O–H groups in total. The number of sulfonamides is 1. The van der Waals surface area contributed by atoms with Gasteiger partial charge < -0.3 is 48.9 Å². The van der Waals surface area contributed by atoms with Gasteiger partial charge in [-0.15, -0.1) is 13.2 Å². The maximum Gasteiger partial charge on any atom is 0.573 e. The van der Waals surface area contributed by atoms with E-state index >= 15 is 8.78 Å². The Hall–Kier alpha value is -6.54. The first-order valence-corrected chi connectivity index (χ1v) is 27.6. The first kappa shape index (κ1) is 52.2.